The van der Waals surface area contributed by atoms with Crippen LogP contribution in [0.3, 0.4) is 0 Å². The van der Waals surface area contributed by atoms with Crippen LogP contribution in [0, 0.1) is 0 Å². The van der Waals surface area contributed by atoms with Crippen LogP contribution in [-0.4, -0.2) is 34.5 Å². The minimum absolute atomic E-state index is 0.0788. The number of fused-ring (bicyclic) bond motifs is 2. The lowest BCUT2D eigenvalue weighted by Gasteiger charge is -2.14. The Balaban J connectivity index is 1.55. The summed E-state index contributed by atoms with van der Waals surface area (Å²) in [6, 6.07) is 11.3. The van der Waals surface area contributed by atoms with Crippen LogP contribution >= 0.6 is 0 Å². The van der Waals surface area contributed by atoms with E-state index in [1.165, 1.54) is 6.92 Å². The number of nitrogens with zero attached hydrogens (tertiary/aromatic N) is 2. The van der Waals surface area contributed by atoms with Gasteiger partial charge >= 0.3 is 5.97 Å². The molecule has 7 nitrogen and oxygen atoms in total. The predicted octanol–water partition coefficient (Wildman–Crippen LogP) is 3.56. The molecule has 0 saturated heterocycles. The zero-order valence-electron chi connectivity index (χ0n) is 17.6. The average Bonchev–Trinajstić information content (AvgIpc) is 3.04. The molecule has 0 unspecified atom stereocenters. The monoisotopic (exact) mass is 420 g/mol. The van der Waals surface area contributed by atoms with Crippen LogP contribution in [-0.2, 0) is 17.7 Å². The zero-order valence-corrected chi connectivity index (χ0v) is 17.6. The topological polar surface area (TPSA) is 87.5 Å². The number of carbonyl (C=O) groups excluding carboxylic acids is 2. The van der Waals surface area contributed by atoms with Crippen LogP contribution in [0.15, 0.2) is 47.3 Å². The van der Waals surface area contributed by atoms with Crippen LogP contribution in [0.1, 0.15) is 52.7 Å². The molecule has 0 N–H and O–H groups in total. The molecule has 0 amide bonds. The first kappa shape index (κ1) is 20.8. The van der Waals surface area contributed by atoms with E-state index < -0.39 is 12.1 Å². The first-order valence-electron chi connectivity index (χ1n) is 10.4. The van der Waals surface area contributed by atoms with E-state index in [-0.39, 0.29) is 16.9 Å². The molecule has 31 heavy (non-hydrogen) atoms. The second-order valence-electron chi connectivity index (χ2n) is 7.67. The van der Waals surface area contributed by atoms with Crippen LogP contribution in [0.5, 0.6) is 5.75 Å². The van der Waals surface area contributed by atoms with E-state index in [1.807, 2.05) is 0 Å². The van der Waals surface area contributed by atoms with Crippen molar-refractivity contribution in [1.29, 1.82) is 0 Å². The van der Waals surface area contributed by atoms with Crippen LogP contribution in [0.2, 0.25) is 0 Å². The van der Waals surface area contributed by atoms with E-state index in [0.717, 1.165) is 31.5 Å². The molecule has 0 fully saturated rings. The third kappa shape index (κ3) is 4.21. The lowest BCUT2D eigenvalue weighted by Crippen LogP contribution is -2.25. The lowest BCUT2D eigenvalue weighted by atomic mass is 10.1. The summed E-state index contributed by atoms with van der Waals surface area (Å²) in [5.74, 6) is 0.453. The Morgan fingerprint density at radius 1 is 1.03 bits per heavy atom. The molecular weight excluding hydrogens is 396 g/mol. The highest BCUT2D eigenvalue weighted by Crippen LogP contribution is 2.18. The van der Waals surface area contributed by atoms with E-state index in [4.69, 9.17) is 9.47 Å². The van der Waals surface area contributed by atoms with Gasteiger partial charge in [-0.15, -0.1) is 0 Å². The molecule has 0 aliphatic carbocycles. The first-order chi connectivity index (χ1) is 15.0. The molecule has 2 aromatic carbocycles. The maximum absolute atomic E-state index is 12.8. The van der Waals surface area contributed by atoms with Crippen molar-refractivity contribution in [2.45, 2.75) is 45.3 Å². The summed E-state index contributed by atoms with van der Waals surface area (Å²) in [6.45, 7) is 2.21. The number of aromatic nitrogens is 2. The number of ether oxygens (including phenoxy) is 2. The van der Waals surface area contributed by atoms with E-state index in [0.29, 0.717) is 28.8 Å². The quantitative estimate of drug-likeness (QED) is 0.463. The zero-order chi connectivity index (χ0) is 22.0. The van der Waals surface area contributed by atoms with Gasteiger partial charge in [0.25, 0.3) is 5.56 Å². The summed E-state index contributed by atoms with van der Waals surface area (Å²) in [5, 5.41) is 0.476. The van der Waals surface area contributed by atoms with Gasteiger partial charge in [-0.3, -0.25) is 14.2 Å². The molecular formula is C24H24N2O5. The molecule has 1 atom stereocenters. The molecule has 3 aromatic rings. The summed E-state index contributed by atoms with van der Waals surface area (Å²) >= 11 is 0. The number of carbonyl (C=O) groups is 2. The van der Waals surface area contributed by atoms with E-state index in [9.17, 15) is 14.4 Å². The number of hydrogen-bond acceptors (Lipinski definition) is 6. The second-order valence-corrected chi connectivity index (χ2v) is 7.67. The molecule has 0 spiro atoms. The Labute approximate surface area is 179 Å². The number of benzene rings is 2. The van der Waals surface area contributed by atoms with Gasteiger partial charge < -0.3 is 9.47 Å². The fourth-order valence-corrected chi connectivity index (χ4v) is 3.82. The maximum Gasteiger partial charge on any atom is 0.338 e. The number of ketones is 1. The first-order valence-corrected chi connectivity index (χ1v) is 10.4. The van der Waals surface area contributed by atoms with Crippen LogP contribution < -0.4 is 10.3 Å². The molecule has 7 heteroatoms. The third-order valence-electron chi connectivity index (χ3n) is 5.58. The smallest absolute Gasteiger partial charge is 0.338 e. The number of methoxy groups -OCH3 is 1. The van der Waals surface area contributed by atoms with Gasteiger partial charge in [-0.2, -0.15) is 0 Å². The van der Waals surface area contributed by atoms with Gasteiger partial charge in [-0.25, -0.2) is 9.78 Å². The molecule has 0 bridgehead atoms. The van der Waals surface area contributed by atoms with Crippen molar-refractivity contribution in [3.05, 3.63) is 69.8 Å². The van der Waals surface area contributed by atoms with E-state index >= 15 is 0 Å². The largest absolute Gasteiger partial charge is 0.497 e. The summed E-state index contributed by atoms with van der Waals surface area (Å²) in [7, 11) is 1.55. The molecule has 1 aliphatic heterocycles. The Bertz CT molecular complexity index is 1200. The van der Waals surface area contributed by atoms with Gasteiger partial charge in [0, 0.05) is 18.5 Å². The summed E-state index contributed by atoms with van der Waals surface area (Å²) in [6.07, 6.45) is 2.81. The number of Topliss-reactive ketones (excluding diaryl/α,β-unsaturated/α-hetero) is 1. The van der Waals surface area contributed by atoms with Crippen molar-refractivity contribution in [3.63, 3.8) is 0 Å². The van der Waals surface area contributed by atoms with Crippen molar-refractivity contribution >= 4 is 22.7 Å². The maximum atomic E-state index is 12.8. The van der Waals surface area contributed by atoms with E-state index in [2.05, 4.69) is 4.98 Å². The Morgan fingerprint density at radius 3 is 2.52 bits per heavy atom. The minimum Gasteiger partial charge on any atom is -0.497 e. The van der Waals surface area contributed by atoms with Gasteiger partial charge in [0.05, 0.1) is 23.6 Å². The molecule has 160 valence electrons. The number of aryl methyl sites for hydroxylation is 1. The van der Waals surface area contributed by atoms with Crippen molar-refractivity contribution in [2.75, 3.05) is 7.11 Å². The van der Waals surface area contributed by atoms with Crippen molar-refractivity contribution in [1.82, 2.24) is 9.55 Å². The fourth-order valence-electron chi connectivity index (χ4n) is 3.82. The molecule has 0 radical (unpaired) electrons. The Hall–Kier alpha value is -3.48. The van der Waals surface area contributed by atoms with Crippen molar-refractivity contribution in [2.24, 2.45) is 0 Å². The molecule has 2 heterocycles. The molecule has 1 aromatic heterocycles. The minimum atomic E-state index is -0.956. The summed E-state index contributed by atoms with van der Waals surface area (Å²) < 4.78 is 12.2. The Morgan fingerprint density at radius 2 is 1.77 bits per heavy atom. The van der Waals surface area contributed by atoms with Gasteiger partial charge in [-0.1, -0.05) is 6.42 Å². The van der Waals surface area contributed by atoms with Crippen molar-refractivity contribution in [3.8, 4) is 5.75 Å². The normalized spacial score (nSPS) is 14.4. The highest BCUT2D eigenvalue weighted by atomic mass is 16.5. The van der Waals surface area contributed by atoms with Gasteiger partial charge in [0.1, 0.15) is 11.6 Å². The molecule has 4 rings (SSSR count). The van der Waals surface area contributed by atoms with Gasteiger partial charge in [0.2, 0.25) is 5.78 Å². The fraction of sp³-hybridized carbons (Fsp3) is 0.333. The lowest BCUT2D eigenvalue weighted by molar-refractivity contribution is 0.0319. The molecule has 1 aliphatic rings. The summed E-state index contributed by atoms with van der Waals surface area (Å²) in [5.41, 5.74) is 1.08. The number of hydrogen-bond donors (Lipinski definition) is 0. The van der Waals surface area contributed by atoms with Crippen LogP contribution in [0.4, 0.5) is 0 Å². The highest BCUT2D eigenvalue weighted by Gasteiger charge is 2.21. The summed E-state index contributed by atoms with van der Waals surface area (Å²) in [4.78, 5) is 42.7. The SMILES string of the molecule is COc1ccc(C(=O)[C@@H](C)OC(=O)c2ccc3c(=O)n4c(nc3c2)CCCCC4)cc1. The third-order valence-corrected chi connectivity index (χ3v) is 5.58. The standard InChI is InChI=1S/C24H24N2O5/c1-15(22(27)16-7-10-18(30-2)11-8-16)31-24(29)17-9-12-19-20(14-17)25-21-6-4-3-5-13-26(21)23(19)28/h7-12,14-15H,3-6,13H2,1-2H3/t15-/m1/s1. The average molecular weight is 420 g/mol. The van der Waals surface area contributed by atoms with Gasteiger partial charge in [-0.05, 0) is 62.2 Å². The predicted molar refractivity (Wildman–Crippen MR) is 116 cm³/mol. The van der Waals surface area contributed by atoms with Crippen molar-refractivity contribution < 1.29 is 19.1 Å². The second kappa shape index (κ2) is 8.71. The Kier molecular flexibility index (Phi) is 5.84. The number of esters is 1. The molecule has 0 saturated carbocycles. The van der Waals surface area contributed by atoms with E-state index in [1.54, 1.807) is 54.1 Å². The van der Waals surface area contributed by atoms with Gasteiger partial charge in [0.15, 0.2) is 6.10 Å². The number of rotatable bonds is 5. The van der Waals surface area contributed by atoms with Crippen LogP contribution in [0.25, 0.3) is 10.9 Å². The highest BCUT2D eigenvalue weighted by molar-refractivity contribution is 6.02.